The molecule has 0 spiro atoms. The van der Waals surface area contributed by atoms with Gasteiger partial charge >= 0.3 is 0 Å². The van der Waals surface area contributed by atoms with Gasteiger partial charge in [0.15, 0.2) is 0 Å². The summed E-state index contributed by atoms with van der Waals surface area (Å²) in [6.07, 6.45) is 2.31. The monoisotopic (exact) mass is 226 g/mol. The quantitative estimate of drug-likeness (QED) is 0.855. The summed E-state index contributed by atoms with van der Waals surface area (Å²) in [5.74, 6) is 1.19. The van der Waals surface area contributed by atoms with Crippen molar-refractivity contribution < 1.29 is 0 Å². The average molecular weight is 226 g/mol. The molecule has 0 amide bonds. The normalized spacial score (nSPS) is 14.9. The molecule has 0 saturated heterocycles. The van der Waals surface area contributed by atoms with Crippen LogP contribution in [0.15, 0.2) is 35.1 Å². The molecule has 0 radical (unpaired) electrons. The largest absolute Gasteiger partial charge is 0.307 e. The number of rotatable bonds is 2. The Labute approximate surface area is 99.5 Å². The predicted molar refractivity (Wildman–Crippen MR) is 67.0 cm³/mol. The van der Waals surface area contributed by atoms with Crippen molar-refractivity contribution in [2.24, 2.45) is 0 Å². The summed E-state index contributed by atoms with van der Waals surface area (Å²) in [7, 11) is 0. The molecule has 0 aliphatic heterocycles. The fourth-order valence-corrected chi connectivity index (χ4v) is 2.03. The van der Waals surface area contributed by atoms with Gasteiger partial charge in [-0.15, -0.1) is 0 Å². The molecular formula is C14H14N2O. The Kier molecular flexibility index (Phi) is 2.32. The first kappa shape index (κ1) is 10.3. The highest BCUT2D eigenvalue weighted by atomic mass is 16.1. The summed E-state index contributed by atoms with van der Waals surface area (Å²) in [5, 5.41) is 0. The van der Waals surface area contributed by atoms with E-state index in [-0.39, 0.29) is 5.56 Å². The van der Waals surface area contributed by atoms with Gasteiger partial charge in [-0.05, 0) is 25.3 Å². The van der Waals surface area contributed by atoms with E-state index in [1.807, 2.05) is 31.2 Å². The van der Waals surface area contributed by atoms with Crippen LogP contribution in [0.5, 0.6) is 0 Å². The van der Waals surface area contributed by atoms with E-state index in [4.69, 9.17) is 0 Å². The van der Waals surface area contributed by atoms with Crippen molar-refractivity contribution >= 4 is 0 Å². The van der Waals surface area contributed by atoms with Crippen LogP contribution >= 0.6 is 0 Å². The molecule has 0 unspecified atom stereocenters. The first-order valence-corrected chi connectivity index (χ1v) is 5.91. The third-order valence-electron chi connectivity index (χ3n) is 3.16. The summed E-state index contributed by atoms with van der Waals surface area (Å²) in [5.41, 5.74) is 3.02. The molecule has 1 aliphatic carbocycles. The fraction of sp³-hybridized carbons (Fsp3) is 0.286. The van der Waals surface area contributed by atoms with Crippen molar-refractivity contribution in [2.75, 3.05) is 0 Å². The Hall–Kier alpha value is -1.90. The molecule has 1 aromatic heterocycles. The number of nitrogens with zero attached hydrogens (tertiary/aromatic N) is 1. The highest BCUT2D eigenvalue weighted by Gasteiger charge is 2.26. The minimum atomic E-state index is -0.0554. The second kappa shape index (κ2) is 3.84. The molecule has 1 fully saturated rings. The third kappa shape index (κ3) is 2.00. The zero-order chi connectivity index (χ0) is 11.8. The average Bonchev–Trinajstić information content (AvgIpc) is 3.12. The van der Waals surface area contributed by atoms with Crippen LogP contribution in [0, 0.1) is 6.92 Å². The van der Waals surface area contributed by atoms with E-state index in [2.05, 4.69) is 9.97 Å². The van der Waals surface area contributed by atoms with Crippen molar-refractivity contribution in [3.05, 3.63) is 51.9 Å². The van der Waals surface area contributed by atoms with Gasteiger partial charge in [-0.3, -0.25) is 4.79 Å². The lowest BCUT2D eigenvalue weighted by Gasteiger charge is -2.06. The fourth-order valence-electron chi connectivity index (χ4n) is 2.03. The Morgan fingerprint density at radius 2 is 2.06 bits per heavy atom. The van der Waals surface area contributed by atoms with Gasteiger partial charge in [-0.1, -0.05) is 24.3 Å². The van der Waals surface area contributed by atoms with Crippen LogP contribution in [0.4, 0.5) is 0 Å². The maximum absolute atomic E-state index is 11.6. The Morgan fingerprint density at radius 3 is 2.76 bits per heavy atom. The predicted octanol–water partition coefficient (Wildman–Crippen LogP) is 2.62. The molecule has 0 atom stereocenters. The molecule has 86 valence electrons. The van der Waals surface area contributed by atoms with Gasteiger partial charge in [0.1, 0.15) is 5.82 Å². The van der Waals surface area contributed by atoms with Gasteiger partial charge in [-0.2, -0.15) is 0 Å². The van der Waals surface area contributed by atoms with Crippen molar-refractivity contribution in [1.29, 1.82) is 0 Å². The molecule has 1 aromatic carbocycles. The van der Waals surface area contributed by atoms with Crippen LogP contribution in [0.2, 0.25) is 0 Å². The molecule has 1 heterocycles. The third-order valence-corrected chi connectivity index (χ3v) is 3.16. The second-order valence-corrected chi connectivity index (χ2v) is 4.61. The number of hydrogen-bond donors (Lipinski definition) is 1. The van der Waals surface area contributed by atoms with Crippen LogP contribution < -0.4 is 5.56 Å². The lowest BCUT2D eigenvalue weighted by atomic mass is 10.1. The second-order valence-electron chi connectivity index (χ2n) is 4.61. The van der Waals surface area contributed by atoms with Gasteiger partial charge in [0.05, 0.1) is 5.69 Å². The highest BCUT2D eigenvalue weighted by molar-refractivity contribution is 5.59. The van der Waals surface area contributed by atoms with E-state index in [9.17, 15) is 4.79 Å². The van der Waals surface area contributed by atoms with Gasteiger partial charge in [0.2, 0.25) is 0 Å². The summed E-state index contributed by atoms with van der Waals surface area (Å²) in [6, 6.07) is 9.59. The Bertz CT molecular complexity index is 612. The van der Waals surface area contributed by atoms with Crippen molar-refractivity contribution in [1.82, 2.24) is 9.97 Å². The van der Waals surface area contributed by atoms with Crippen LogP contribution in [0.1, 0.15) is 30.0 Å². The summed E-state index contributed by atoms with van der Waals surface area (Å²) >= 11 is 0. The first-order chi connectivity index (χ1) is 8.24. The zero-order valence-electron chi connectivity index (χ0n) is 9.73. The van der Waals surface area contributed by atoms with Crippen molar-refractivity contribution in [3.8, 4) is 11.4 Å². The van der Waals surface area contributed by atoms with Crippen LogP contribution in [0.25, 0.3) is 11.4 Å². The van der Waals surface area contributed by atoms with E-state index in [1.165, 1.54) is 0 Å². The topological polar surface area (TPSA) is 45.8 Å². The van der Waals surface area contributed by atoms with Crippen molar-refractivity contribution in [3.63, 3.8) is 0 Å². The number of aromatic amines is 1. The smallest absolute Gasteiger partial charge is 0.251 e. The van der Waals surface area contributed by atoms with Crippen LogP contribution in [-0.2, 0) is 0 Å². The van der Waals surface area contributed by atoms with Gasteiger partial charge in [0, 0.05) is 17.5 Å². The van der Waals surface area contributed by atoms with Gasteiger partial charge < -0.3 is 4.98 Å². The van der Waals surface area contributed by atoms with E-state index in [1.54, 1.807) is 6.07 Å². The standard InChI is InChI=1S/C14H14N2O/c1-9-4-2-3-5-11(9)14-15-12(10-6-7-10)8-13(17)16-14/h2-5,8,10H,6-7H2,1H3,(H,15,16,17). The van der Waals surface area contributed by atoms with E-state index in [0.29, 0.717) is 11.7 Å². The summed E-state index contributed by atoms with van der Waals surface area (Å²) in [6.45, 7) is 2.03. The molecule has 2 aromatic rings. The SMILES string of the molecule is Cc1ccccc1-c1nc(C2CC2)cc(=O)[nH]1. The molecule has 0 bridgehead atoms. The Morgan fingerprint density at radius 1 is 1.29 bits per heavy atom. The van der Waals surface area contributed by atoms with Gasteiger partial charge in [-0.25, -0.2) is 4.98 Å². The molecule has 3 heteroatoms. The maximum atomic E-state index is 11.6. The van der Waals surface area contributed by atoms with Crippen molar-refractivity contribution in [2.45, 2.75) is 25.7 Å². The number of nitrogens with one attached hydrogen (secondary N) is 1. The molecule has 1 saturated carbocycles. The lowest BCUT2D eigenvalue weighted by molar-refractivity contribution is 0.975. The number of aryl methyl sites for hydroxylation is 1. The molecule has 1 N–H and O–H groups in total. The first-order valence-electron chi connectivity index (χ1n) is 5.91. The molecular weight excluding hydrogens is 212 g/mol. The Balaban J connectivity index is 2.14. The van der Waals surface area contributed by atoms with E-state index >= 15 is 0 Å². The molecule has 3 rings (SSSR count). The number of H-pyrrole nitrogens is 1. The number of benzene rings is 1. The van der Waals surface area contributed by atoms with Crippen LogP contribution in [-0.4, -0.2) is 9.97 Å². The summed E-state index contributed by atoms with van der Waals surface area (Å²) in [4.78, 5) is 19.0. The minimum Gasteiger partial charge on any atom is -0.307 e. The molecule has 1 aliphatic rings. The van der Waals surface area contributed by atoms with E-state index in [0.717, 1.165) is 29.7 Å². The van der Waals surface area contributed by atoms with Gasteiger partial charge in [0.25, 0.3) is 5.56 Å². The summed E-state index contributed by atoms with van der Waals surface area (Å²) < 4.78 is 0. The zero-order valence-corrected chi connectivity index (χ0v) is 9.73. The number of aromatic nitrogens is 2. The highest BCUT2D eigenvalue weighted by Crippen LogP contribution is 2.38. The lowest BCUT2D eigenvalue weighted by Crippen LogP contribution is -2.10. The maximum Gasteiger partial charge on any atom is 0.251 e. The van der Waals surface area contributed by atoms with E-state index < -0.39 is 0 Å². The molecule has 3 nitrogen and oxygen atoms in total. The molecule has 17 heavy (non-hydrogen) atoms. The van der Waals surface area contributed by atoms with Crippen LogP contribution in [0.3, 0.4) is 0 Å². The minimum absolute atomic E-state index is 0.0554. The number of hydrogen-bond acceptors (Lipinski definition) is 2.